The van der Waals surface area contributed by atoms with Crippen molar-refractivity contribution in [3.05, 3.63) is 64.7 Å². The molecule has 0 aromatic heterocycles. The number of nitrogens with zero attached hydrogens (tertiary/aromatic N) is 1. The Morgan fingerprint density at radius 1 is 1.08 bits per heavy atom. The van der Waals surface area contributed by atoms with Crippen molar-refractivity contribution in [2.24, 2.45) is 0 Å². The molecule has 212 valence electrons. The molecule has 1 saturated heterocycles. The smallest absolute Gasteiger partial charge is 0.407 e. The molecular weight excluding hydrogens is 516 g/mol. The lowest BCUT2D eigenvalue weighted by Gasteiger charge is -2.42. The molecule has 39 heavy (non-hydrogen) atoms. The fraction of sp³-hybridized carbons (Fsp3) is 0.548. The van der Waals surface area contributed by atoms with Crippen LogP contribution >= 0.6 is 11.6 Å². The predicted molar refractivity (Wildman–Crippen MR) is 152 cm³/mol. The summed E-state index contributed by atoms with van der Waals surface area (Å²) in [6.45, 7) is 7.02. The first kappa shape index (κ1) is 29.2. The van der Waals surface area contributed by atoms with Crippen LogP contribution in [-0.2, 0) is 16.1 Å². The van der Waals surface area contributed by atoms with E-state index in [1.165, 1.54) is 0 Å². The van der Waals surface area contributed by atoms with Crippen LogP contribution < -0.4 is 10.1 Å². The Balaban J connectivity index is 1.47. The second-order valence-corrected chi connectivity index (χ2v) is 12.3. The van der Waals surface area contributed by atoms with Gasteiger partial charge in [0.25, 0.3) is 0 Å². The molecule has 0 bridgehead atoms. The molecule has 2 N–H and O–H groups in total. The van der Waals surface area contributed by atoms with E-state index in [4.69, 9.17) is 21.1 Å². The van der Waals surface area contributed by atoms with E-state index in [0.29, 0.717) is 61.7 Å². The van der Waals surface area contributed by atoms with E-state index in [9.17, 15) is 14.7 Å². The summed E-state index contributed by atoms with van der Waals surface area (Å²) in [6, 6.07) is 15.3. The number of rotatable bonds is 7. The van der Waals surface area contributed by atoms with Gasteiger partial charge in [0.15, 0.2) is 0 Å². The Morgan fingerprint density at radius 3 is 2.36 bits per heavy atom. The Hall–Kier alpha value is -2.77. The first-order valence-corrected chi connectivity index (χ1v) is 14.4. The molecule has 2 aromatic rings. The van der Waals surface area contributed by atoms with Gasteiger partial charge in [0.1, 0.15) is 18.5 Å². The molecule has 1 heterocycles. The monoisotopic (exact) mass is 556 g/mol. The zero-order valence-corrected chi connectivity index (χ0v) is 24.0. The molecule has 4 rings (SSSR count). The summed E-state index contributed by atoms with van der Waals surface area (Å²) in [6.07, 6.45) is 4.38. The molecule has 1 aliphatic heterocycles. The maximum Gasteiger partial charge on any atom is 0.407 e. The first-order valence-electron chi connectivity index (χ1n) is 14.0. The number of hydrogen-bond acceptors (Lipinski definition) is 5. The highest BCUT2D eigenvalue weighted by Crippen LogP contribution is 2.43. The van der Waals surface area contributed by atoms with Crippen molar-refractivity contribution >= 4 is 23.6 Å². The minimum absolute atomic E-state index is 0.106. The van der Waals surface area contributed by atoms with Gasteiger partial charge in [-0.05, 0) is 56.9 Å². The van der Waals surface area contributed by atoms with Gasteiger partial charge in [-0.25, -0.2) is 4.79 Å². The van der Waals surface area contributed by atoms with Crippen LogP contribution in [0.3, 0.4) is 0 Å². The molecule has 1 aliphatic carbocycles. The highest BCUT2D eigenvalue weighted by atomic mass is 35.5. The minimum Gasteiger partial charge on any atom is -0.487 e. The number of nitrogens with one attached hydrogen (secondary N) is 1. The van der Waals surface area contributed by atoms with Crippen LogP contribution in [0.2, 0.25) is 5.02 Å². The summed E-state index contributed by atoms with van der Waals surface area (Å²) in [5.74, 6) is -0.288. The number of benzene rings is 2. The lowest BCUT2D eigenvalue weighted by molar-refractivity contribution is -0.143. The normalized spacial score (nSPS) is 18.7. The van der Waals surface area contributed by atoms with E-state index in [-0.39, 0.29) is 17.6 Å². The van der Waals surface area contributed by atoms with Crippen LogP contribution in [0.4, 0.5) is 4.79 Å². The van der Waals surface area contributed by atoms with Gasteiger partial charge in [0, 0.05) is 31.5 Å². The molecule has 1 unspecified atom stereocenters. The molecule has 7 nitrogen and oxygen atoms in total. The quantitative estimate of drug-likeness (QED) is 0.423. The van der Waals surface area contributed by atoms with E-state index >= 15 is 0 Å². The Bertz CT molecular complexity index is 1120. The number of halogens is 1. The lowest BCUT2D eigenvalue weighted by atomic mass is 9.72. The Morgan fingerprint density at radius 2 is 1.74 bits per heavy atom. The van der Waals surface area contributed by atoms with E-state index in [2.05, 4.69) is 5.32 Å². The summed E-state index contributed by atoms with van der Waals surface area (Å²) >= 11 is 6.64. The van der Waals surface area contributed by atoms with Crippen LogP contribution in [0.25, 0.3) is 0 Å². The molecule has 0 radical (unpaired) electrons. The number of aliphatic hydroxyl groups is 1. The Labute approximate surface area is 236 Å². The molecule has 1 saturated carbocycles. The van der Waals surface area contributed by atoms with Crippen molar-refractivity contribution in [3.8, 4) is 5.75 Å². The van der Waals surface area contributed by atoms with Gasteiger partial charge in [0.2, 0.25) is 5.91 Å². The maximum absolute atomic E-state index is 14.0. The highest BCUT2D eigenvalue weighted by molar-refractivity contribution is 6.32. The van der Waals surface area contributed by atoms with Crippen LogP contribution in [-0.4, -0.2) is 52.3 Å². The highest BCUT2D eigenvalue weighted by Gasteiger charge is 2.45. The van der Waals surface area contributed by atoms with Gasteiger partial charge in [-0.2, -0.15) is 0 Å². The van der Waals surface area contributed by atoms with Gasteiger partial charge >= 0.3 is 6.09 Å². The van der Waals surface area contributed by atoms with E-state index < -0.39 is 17.6 Å². The van der Waals surface area contributed by atoms with Crippen molar-refractivity contribution in [2.45, 2.75) is 95.5 Å². The number of carbonyl (C=O) groups excluding carboxylic acids is 2. The number of likely N-dealkylation sites (tertiary alicyclic amines) is 1. The molecular formula is C31H41ClN2O5. The topological polar surface area (TPSA) is 88.1 Å². The number of piperidine rings is 1. The van der Waals surface area contributed by atoms with E-state index in [1.54, 1.807) is 17.0 Å². The summed E-state index contributed by atoms with van der Waals surface area (Å²) < 4.78 is 11.5. The molecule has 2 aliphatic rings. The van der Waals surface area contributed by atoms with Gasteiger partial charge in [-0.15, -0.1) is 0 Å². The zero-order valence-electron chi connectivity index (χ0n) is 23.2. The van der Waals surface area contributed by atoms with Gasteiger partial charge in [-0.3, -0.25) is 4.79 Å². The standard InChI is InChI=1S/C31H41ClN2O5/c1-30(2,3)33-29(36)39-24-14-18-34(19-15-24)28(35)27(31(37)16-8-5-9-17-31)23-12-13-26(25(32)20-23)38-21-22-10-6-4-7-11-22/h4,6-7,10-13,20,24,27,37H,5,8-9,14-19,21H2,1-3H3,(H,33,36). The first-order chi connectivity index (χ1) is 18.5. The summed E-state index contributed by atoms with van der Waals surface area (Å²) in [4.78, 5) is 28.0. The summed E-state index contributed by atoms with van der Waals surface area (Å²) in [7, 11) is 0. The van der Waals surface area contributed by atoms with Gasteiger partial charge < -0.3 is 24.8 Å². The Kier molecular flexibility index (Phi) is 9.44. The lowest BCUT2D eigenvalue weighted by Crippen LogP contribution is -2.51. The number of amides is 2. The second kappa shape index (κ2) is 12.6. The van der Waals surface area contributed by atoms with Crippen LogP contribution in [0.1, 0.15) is 82.8 Å². The fourth-order valence-electron chi connectivity index (χ4n) is 5.55. The molecule has 8 heteroatoms. The van der Waals surface area contributed by atoms with Crippen LogP contribution in [0.5, 0.6) is 5.75 Å². The van der Waals surface area contributed by atoms with Crippen molar-refractivity contribution in [2.75, 3.05) is 13.1 Å². The van der Waals surface area contributed by atoms with Crippen molar-refractivity contribution in [3.63, 3.8) is 0 Å². The molecule has 2 fully saturated rings. The molecule has 2 amide bonds. The maximum atomic E-state index is 14.0. The minimum atomic E-state index is -1.13. The number of ether oxygens (including phenoxy) is 2. The fourth-order valence-corrected chi connectivity index (χ4v) is 5.79. The average Bonchev–Trinajstić information content (AvgIpc) is 2.88. The number of carbonyl (C=O) groups is 2. The van der Waals surface area contributed by atoms with Crippen LogP contribution in [0, 0.1) is 0 Å². The summed E-state index contributed by atoms with van der Waals surface area (Å²) in [5, 5.41) is 15.0. The zero-order chi connectivity index (χ0) is 28.0. The second-order valence-electron chi connectivity index (χ2n) is 11.9. The molecule has 0 spiro atoms. The third-order valence-corrected chi connectivity index (χ3v) is 7.83. The van der Waals surface area contributed by atoms with Crippen molar-refractivity contribution in [1.82, 2.24) is 10.2 Å². The number of alkyl carbamates (subject to hydrolysis) is 1. The van der Waals surface area contributed by atoms with Gasteiger partial charge in [-0.1, -0.05) is 67.3 Å². The van der Waals surface area contributed by atoms with Crippen molar-refractivity contribution < 1.29 is 24.2 Å². The molecule has 2 aromatic carbocycles. The summed E-state index contributed by atoms with van der Waals surface area (Å²) in [5.41, 5.74) is 0.222. The van der Waals surface area contributed by atoms with E-state index in [0.717, 1.165) is 24.8 Å². The van der Waals surface area contributed by atoms with E-state index in [1.807, 2.05) is 57.2 Å². The number of hydrogen-bond donors (Lipinski definition) is 2. The van der Waals surface area contributed by atoms with Crippen LogP contribution in [0.15, 0.2) is 48.5 Å². The third-order valence-electron chi connectivity index (χ3n) is 7.53. The van der Waals surface area contributed by atoms with Crippen molar-refractivity contribution in [1.29, 1.82) is 0 Å². The molecule has 1 atom stereocenters. The third kappa shape index (κ3) is 7.89. The van der Waals surface area contributed by atoms with Gasteiger partial charge in [0.05, 0.1) is 16.5 Å². The predicted octanol–water partition coefficient (Wildman–Crippen LogP) is 6.21. The largest absolute Gasteiger partial charge is 0.487 e. The average molecular weight is 557 g/mol. The SMILES string of the molecule is CC(C)(C)NC(=O)OC1CCN(C(=O)C(c2ccc(OCc3ccccc3)c(Cl)c2)C2(O)CCCCC2)CC1.